The lowest BCUT2D eigenvalue weighted by Crippen LogP contribution is -2.41. The summed E-state index contributed by atoms with van der Waals surface area (Å²) in [5, 5.41) is 6.38. The van der Waals surface area contributed by atoms with Crippen LogP contribution in [0.2, 0.25) is 5.28 Å². The molecule has 0 aliphatic carbocycles. The van der Waals surface area contributed by atoms with E-state index in [-0.39, 0.29) is 78.6 Å². The Balaban J connectivity index is 0.000000165. The largest absolute Gasteiger partial charge is 0.494 e. The first-order valence-electron chi connectivity index (χ1n) is 44.7. The molecule has 0 bridgehead atoms. The van der Waals surface area contributed by atoms with Crippen LogP contribution in [0.5, 0.6) is 0 Å². The van der Waals surface area contributed by atoms with Gasteiger partial charge in [0.15, 0.2) is 40.3 Å². The van der Waals surface area contributed by atoms with E-state index in [1.54, 1.807) is 16.7 Å². The van der Waals surface area contributed by atoms with Crippen molar-refractivity contribution in [3.63, 3.8) is 0 Å². The zero-order chi connectivity index (χ0) is 92.4. The molecular formula is C88H70BClN8O4. The summed E-state index contributed by atoms with van der Waals surface area (Å²) in [4.78, 5) is 24.6. The summed E-state index contributed by atoms with van der Waals surface area (Å²) < 4.78 is 264. The Hall–Kier alpha value is -12.3. The number of terminal acetylenes is 1. The highest BCUT2D eigenvalue weighted by atomic mass is 35.5. The summed E-state index contributed by atoms with van der Waals surface area (Å²) in [6.07, 6.45) is 8.00. The highest BCUT2D eigenvalue weighted by molar-refractivity contribution is 6.62. The average molecular weight is 1380 g/mol. The highest BCUT2D eigenvalue weighted by Gasteiger charge is 2.51. The van der Waals surface area contributed by atoms with Gasteiger partial charge < -0.3 is 27.3 Å². The Bertz CT molecular complexity index is 7550. The molecule has 1 aliphatic heterocycles. The third-order valence-electron chi connectivity index (χ3n) is 16.9. The van der Waals surface area contributed by atoms with Gasteiger partial charge in [-0.25, -0.2) is 19.9 Å². The molecule has 0 saturated carbocycles. The van der Waals surface area contributed by atoms with Gasteiger partial charge in [0.2, 0.25) is 5.28 Å². The smallest absolute Gasteiger partial charge is 0.454 e. The number of furan rings is 2. The van der Waals surface area contributed by atoms with Crippen molar-refractivity contribution in [3.8, 4) is 81.2 Å². The molecule has 14 heteroatoms. The molecule has 1 fully saturated rings. The quantitative estimate of drug-likeness (QED) is 0.107. The van der Waals surface area contributed by atoms with E-state index < -0.39 is 203 Å². The topological polar surface area (TPSA) is 132 Å². The van der Waals surface area contributed by atoms with Gasteiger partial charge in [0, 0.05) is 82.3 Å². The van der Waals surface area contributed by atoms with Crippen molar-refractivity contribution in [2.24, 2.45) is 0 Å². The van der Waals surface area contributed by atoms with Crippen LogP contribution in [-0.4, -0.2) is 57.4 Å². The monoisotopic (exact) mass is 1380 g/mol. The fourth-order valence-corrected chi connectivity index (χ4v) is 11.9. The summed E-state index contributed by atoms with van der Waals surface area (Å²) in [6.45, 7) is 7.59. The van der Waals surface area contributed by atoms with E-state index in [9.17, 15) is 5.48 Å². The molecule has 12 nitrogen and oxygen atoms in total. The van der Waals surface area contributed by atoms with Crippen molar-refractivity contribution in [3.05, 3.63) is 296 Å². The molecule has 0 N–H and O–H groups in total. The Morgan fingerprint density at radius 2 is 0.657 bits per heavy atom. The molecule has 12 aromatic carbocycles. The fraction of sp³-hybridized carbons (Fsp3) is 0.0909. The van der Waals surface area contributed by atoms with Crippen LogP contribution in [0.4, 0.5) is 0 Å². The number of hydrogen-bond donors (Lipinski definition) is 0. The van der Waals surface area contributed by atoms with Crippen molar-refractivity contribution in [2.75, 3.05) is 0 Å². The van der Waals surface area contributed by atoms with Gasteiger partial charge >= 0.3 is 7.12 Å². The summed E-state index contributed by atoms with van der Waals surface area (Å²) in [6, 6.07) is 22.0. The first-order chi connectivity index (χ1) is 60.6. The molecule has 6 aromatic heterocycles. The van der Waals surface area contributed by atoms with E-state index in [1.807, 2.05) is 141 Å². The van der Waals surface area contributed by atoms with Gasteiger partial charge in [-0.15, -0.1) is 12.8 Å². The van der Waals surface area contributed by atoms with Gasteiger partial charge in [-0.1, -0.05) is 233 Å². The third kappa shape index (κ3) is 12.2. The second kappa shape index (κ2) is 27.8. The minimum Gasteiger partial charge on any atom is -0.454 e. The molecule has 0 spiro atoms. The number of para-hydroxylation sites is 4. The van der Waals surface area contributed by atoms with Crippen LogP contribution in [0.1, 0.15) is 80.9 Å². The molecule has 0 amide bonds. The number of rotatable bonds is 8. The minimum atomic E-state index is -1.02. The molecule has 19 rings (SSSR count). The Morgan fingerprint density at radius 3 is 1.03 bits per heavy atom. The summed E-state index contributed by atoms with van der Waals surface area (Å²) >= 11 is 5.91. The number of hydrogen-bond acceptors (Lipinski definition) is 10. The predicted octanol–water partition coefficient (Wildman–Crippen LogP) is 22.2. The van der Waals surface area contributed by atoms with Crippen molar-refractivity contribution >= 4 is 112 Å². The van der Waals surface area contributed by atoms with E-state index in [2.05, 4.69) is 42.8 Å². The predicted molar refractivity (Wildman–Crippen MR) is 421 cm³/mol. The minimum absolute atomic E-state index is 0. The lowest BCUT2D eigenvalue weighted by molar-refractivity contribution is 0.00578. The van der Waals surface area contributed by atoms with Crippen LogP contribution >= 0.6 is 11.6 Å². The zero-order valence-electron chi connectivity index (χ0n) is 80.9. The molecule has 102 heavy (non-hydrogen) atoms. The van der Waals surface area contributed by atoms with E-state index in [1.165, 1.54) is 0 Å². The van der Waals surface area contributed by atoms with Crippen LogP contribution in [0.3, 0.4) is 0 Å². The second-order valence-corrected chi connectivity index (χ2v) is 23.5. The number of fused-ring (bicyclic) bond motifs is 14. The van der Waals surface area contributed by atoms with E-state index in [0.717, 1.165) is 54.2 Å². The van der Waals surface area contributed by atoms with Gasteiger partial charge in [0.25, 0.3) is 0 Å². The first-order valence-corrected chi connectivity index (χ1v) is 31.0. The number of nitrogens with zero attached hydrogens (tertiary/aromatic N) is 8. The standard InChI is InChI=1S/C39H24N4O.C30H26BNO3.C15H10ClN3.C2H2.2CH4/c1-3-11-25(12-4-1)37-40-38(26-13-5-2-6-14-26)42-39(41-37)27-19-21-28(22-20-27)43-33-17-9-7-15-29(33)31-23-24-32-30-16-8-10-18-34(30)44-36(32)35(31)43;1-29(2)30(3,4)35-31(34-29)19-13-15-20(16-14-19)32-25-11-7-5-9-21(25)23-17-18-24-22-10-6-8-12-26(22)33-28(24)27(23)32;16-15-18-13(11-7-3-1-4-8-11)17-14(19-15)12-9-5-2-6-10-12;1-2;;/h1-24H;5-18H,1-4H3;1-10H;1-2H;2*1H4/i1D,2D,3D,4D,5D,6D,11D,12D,13D,14D,19D,20D,21D,22D;13D,14D,15D,16D;1D,2D,3D,4D,5D,6D,7D,8D,9D,10D;;;. The SMILES string of the molecule is C.C.C#C.[2H]c1c([2H])c(-n2c3ccccc3c3ccc4c5ccccc5oc4c32)c([2H])c([2H])c1B1OC(C)(C)C(C)(C)O1.[2H]c1c([2H])c([2H])c(-c2nc(-c3c([2H])c([2H])c([2H])c([2H])c3[2H])nc(-c3c([2H])c([2H])c(-n4c5ccccc5c5ccc6c7ccccc7oc6c54)c([2H])c3[2H])n2)c([2H])c1[2H].[2H]c1c([2H])c([2H])c(-c2nc(Cl)nc(-c3c([2H])c([2H])c([2H])c([2H])c3[2H])n2)c([2H])c1[2H]. The molecule has 0 unspecified atom stereocenters. The summed E-state index contributed by atoms with van der Waals surface area (Å²) in [7, 11) is -1.02. The summed E-state index contributed by atoms with van der Waals surface area (Å²) in [5.74, 6) is -2.55. The van der Waals surface area contributed by atoms with E-state index >= 15 is 0 Å². The third-order valence-corrected chi connectivity index (χ3v) is 17.1. The van der Waals surface area contributed by atoms with Gasteiger partial charge in [-0.2, -0.15) is 9.97 Å². The van der Waals surface area contributed by atoms with Crippen molar-refractivity contribution < 1.29 is 56.5 Å². The van der Waals surface area contributed by atoms with E-state index in [4.69, 9.17) is 62.6 Å². The molecule has 18 aromatic rings. The number of benzene rings is 12. The fourth-order valence-electron chi connectivity index (χ4n) is 11.7. The van der Waals surface area contributed by atoms with Crippen molar-refractivity contribution in [1.82, 2.24) is 39.0 Å². The number of aromatic nitrogens is 8. The van der Waals surface area contributed by atoms with E-state index in [0.29, 0.717) is 33.3 Å². The zero-order valence-corrected chi connectivity index (χ0v) is 53.6. The van der Waals surface area contributed by atoms with Gasteiger partial charge in [-0.3, -0.25) is 0 Å². The Morgan fingerprint density at radius 1 is 0.353 bits per heavy atom. The second-order valence-electron chi connectivity index (χ2n) is 23.2. The van der Waals surface area contributed by atoms with Gasteiger partial charge in [0.1, 0.15) is 11.2 Å². The Kier molecular flexibility index (Phi) is 11.3. The van der Waals surface area contributed by atoms with Crippen LogP contribution in [0.25, 0.3) is 156 Å². The maximum absolute atomic E-state index is 9.42. The first kappa shape index (κ1) is 41.3. The van der Waals surface area contributed by atoms with Crippen LogP contribution in [0.15, 0.2) is 299 Å². The molecular weight excluding hydrogens is 1280 g/mol. The summed E-state index contributed by atoms with van der Waals surface area (Å²) in [5.41, 5.74) is 1.47. The maximum atomic E-state index is 9.42. The lowest BCUT2D eigenvalue weighted by Gasteiger charge is -2.32. The van der Waals surface area contributed by atoms with Crippen LogP contribution in [0, 0.1) is 12.8 Å². The molecule has 496 valence electrons. The van der Waals surface area contributed by atoms with Crippen LogP contribution in [-0.2, 0) is 9.31 Å². The van der Waals surface area contributed by atoms with Crippen molar-refractivity contribution in [2.45, 2.75) is 53.8 Å². The molecule has 1 aliphatic rings. The van der Waals surface area contributed by atoms with Crippen molar-refractivity contribution in [1.29, 1.82) is 0 Å². The number of halogens is 1. The Labute approximate surface area is 636 Å². The molecule has 1 saturated heterocycles. The van der Waals surface area contributed by atoms with Crippen LogP contribution < -0.4 is 5.46 Å². The molecule has 0 atom stereocenters. The molecule has 7 heterocycles. The molecule has 0 radical (unpaired) electrons. The average Bonchev–Trinajstić information content (AvgIpc) is 1.54. The maximum Gasteiger partial charge on any atom is 0.494 e. The highest BCUT2D eigenvalue weighted by Crippen LogP contribution is 2.43. The normalized spacial score (nSPS) is 16.8. The van der Waals surface area contributed by atoms with Gasteiger partial charge in [0.05, 0.1) is 71.7 Å². The van der Waals surface area contributed by atoms with Gasteiger partial charge in [-0.05, 0) is 117 Å². The lowest BCUT2D eigenvalue weighted by atomic mass is 9.79.